The number of hydrogen-bond acceptors (Lipinski definition) is 5. The summed E-state index contributed by atoms with van der Waals surface area (Å²) in [7, 11) is 0. The van der Waals surface area contributed by atoms with Crippen molar-refractivity contribution >= 4 is 11.4 Å². The van der Waals surface area contributed by atoms with Crippen LogP contribution in [0.2, 0.25) is 0 Å². The van der Waals surface area contributed by atoms with Gasteiger partial charge in [0.1, 0.15) is 5.69 Å². The van der Waals surface area contributed by atoms with Crippen LogP contribution in [0.25, 0.3) is 0 Å². The second-order valence-electron chi connectivity index (χ2n) is 4.37. The highest BCUT2D eigenvalue weighted by Crippen LogP contribution is 2.28. The first-order chi connectivity index (χ1) is 8.51. The lowest BCUT2D eigenvalue weighted by molar-refractivity contribution is -0.384. The van der Waals surface area contributed by atoms with Crippen molar-refractivity contribution in [3.8, 4) is 0 Å². The van der Waals surface area contributed by atoms with E-state index < -0.39 is 4.92 Å². The minimum absolute atomic E-state index is 0.00908. The van der Waals surface area contributed by atoms with Crippen LogP contribution < -0.4 is 11.3 Å². The third-order valence-corrected chi connectivity index (χ3v) is 2.98. The van der Waals surface area contributed by atoms with Gasteiger partial charge in [-0.3, -0.25) is 20.9 Å². The molecule has 0 heterocycles. The van der Waals surface area contributed by atoms with Gasteiger partial charge in [-0.25, -0.2) is 0 Å². The first-order valence-corrected chi connectivity index (χ1v) is 5.98. The summed E-state index contributed by atoms with van der Waals surface area (Å²) in [6, 6.07) is 5.36. The molecule has 1 aromatic rings. The largest absolute Gasteiger partial charge is 0.318 e. The van der Waals surface area contributed by atoms with Gasteiger partial charge in [0.25, 0.3) is 5.69 Å². The van der Waals surface area contributed by atoms with E-state index in [1.807, 2.05) is 6.07 Å². The Morgan fingerprint density at radius 2 is 2.17 bits per heavy atom. The molecule has 6 nitrogen and oxygen atoms in total. The molecule has 0 aliphatic heterocycles. The molecule has 0 bridgehead atoms. The number of anilines is 1. The van der Waals surface area contributed by atoms with Crippen LogP contribution in [0.3, 0.4) is 0 Å². The van der Waals surface area contributed by atoms with Gasteiger partial charge in [-0.15, -0.1) is 0 Å². The fourth-order valence-electron chi connectivity index (χ4n) is 1.92. The number of nitrogen functional groups attached to an aromatic ring is 1. The molecule has 1 aromatic carbocycles. The maximum Gasteiger partial charge on any atom is 0.293 e. The number of para-hydroxylation sites is 1. The zero-order chi connectivity index (χ0) is 13.7. The summed E-state index contributed by atoms with van der Waals surface area (Å²) in [5, 5.41) is 10.9. The van der Waals surface area contributed by atoms with Crippen molar-refractivity contribution in [1.29, 1.82) is 0 Å². The molecule has 0 aliphatic rings. The number of benzene rings is 1. The molecular weight excluding hydrogens is 232 g/mol. The highest BCUT2D eigenvalue weighted by molar-refractivity contribution is 5.65. The maximum absolute atomic E-state index is 10.9. The van der Waals surface area contributed by atoms with Crippen molar-refractivity contribution in [3.63, 3.8) is 0 Å². The number of nitrogens with two attached hydrogens (primary N) is 1. The molecule has 0 aromatic heterocycles. The molecule has 0 fully saturated rings. The molecule has 3 N–H and O–H groups in total. The summed E-state index contributed by atoms with van der Waals surface area (Å²) in [5.74, 6) is 5.41. The lowest BCUT2D eigenvalue weighted by Gasteiger charge is -2.25. The van der Waals surface area contributed by atoms with Gasteiger partial charge in [-0.2, -0.15) is 0 Å². The molecule has 0 atom stereocenters. The Morgan fingerprint density at radius 3 is 2.61 bits per heavy atom. The van der Waals surface area contributed by atoms with E-state index in [1.165, 1.54) is 6.07 Å². The number of nitro benzene ring substituents is 1. The average molecular weight is 252 g/mol. The highest BCUT2D eigenvalue weighted by Gasteiger charge is 2.18. The maximum atomic E-state index is 10.9. The normalized spacial score (nSPS) is 11.0. The predicted octanol–water partition coefficient (Wildman–Crippen LogP) is 2.11. The first-order valence-electron chi connectivity index (χ1n) is 5.98. The summed E-state index contributed by atoms with van der Waals surface area (Å²) < 4.78 is 0. The van der Waals surface area contributed by atoms with E-state index in [2.05, 4.69) is 31.1 Å². The van der Waals surface area contributed by atoms with Gasteiger partial charge in [-0.1, -0.05) is 19.1 Å². The molecule has 0 spiro atoms. The zero-order valence-electron chi connectivity index (χ0n) is 11.0. The van der Waals surface area contributed by atoms with E-state index in [0.29, 0.717) is 18.3 Å². The van der Waals surface area contributed by atoms with Crippen LogP contribution in [-0.4, -0.2) is 22.4 Å². The Labute approximate surface area is 107 Å². The molecule has 0 saturated carbocycles. The van der Waals surface area contributed by atoms with E-state index in [0.717, 1.165) is 12.1 Å². The summed E-state index contributed by atoms with van der Waals surface area (Å²) in [6.07, 6.45) is 0. The van der Waals surface area contributed by atoms with Gasteiger partial charge in [-0.05, 0) is 26.0 Å². The summed E-state index contributed by atoms with van der Waals surface area (Å²) in [6.45, 7) is 7.76. The van der Waals surface area contributed by atoms with E-state index in [4.69, 9.17) is 5.84 Å². The van der Waals surface area contributed by atoms with Crippen LogP contribution >= 0.6 is 0 Å². The molecular formula is C12H20N4O2. The van der Waals surface area contributed by atoms with E-state index in [9.17, 15) is 10.1 Å². The highest BCUT2D eigenvalue weighted by atomic mass is 16.6. The van der Waals surface area contributed by atoms with Gasteiger partial charge in [0.05, 0.1) is 4.92 Å². The third-order valence-electron chi connectivity index (χ3n) is 2.98. The number of nitrogens with zero attached hydrogens (tertiary/aromatic N) is 2. The predicted molar refractivity (Wildman–Crippen MR) is 72.1 cm³/mol. The minimum atomic E-state index is -0.426. The SMILES string of the molecule is CCN(Cc1cccc([N+](=O)[O-])c1NN)C(C)C. The van der Waals surface area contributed by atoms with Crippen molar-refractivity contribution in [2.24, 2.45) is 5.84 Å². The first kappa shape index (κ1) is 14.4. The fourth-order valence-corrected chi connectivity index (χ4v) is 1.92. The lowest BCUT2D eigenvalue weighted by Crippen LogP contribution is -2.30. The number of rotatable bonds is 6. The summed E-state index contributed by atoms with van der Waals surface area (Å²) >= 11 is 0. The molecule has 0 aliphatic carbocycles. The second-order valence-corrected chi connectivity index (χ2v) is 4.37. The van der Waals surface area contributed by atoms with E-state index in [1.54, 1.807) is 6.07 Å². The van der Waals surface area contributed by atoms with Crippen molar-refractivity contribution in [2.75, 3.05) is 12.0 Å². The number of nitrogens with one attached hydrogen (secondary N) is 1. The van der Waals surface area contributed by atoms with Gasteiger partial charge >= 0.3 is 0 Å². The van der Waals surface area contributed by atoms with Crippen LogP contribution in [0.4, 0.5) is 11.4 Å². The Morgan fingerprint density at radius 1 is 1.50 bits per heavy atom. The molecule has 0 amide bonds. The number of hydrazine groups is 1. The van der Waals surface area contributed by atoms with Crippen LogP contribution in [0.15, 0.2) is 18.2 Å². The van der Waals surface area contributed by atoms with E-state index >= 15 is 0 Å². The topological polar surface area (TPSA) is 84.4 Å². The van der Waals surface area contributed by atoms with Gasteiger partial charge in [0.2, 0.25) is 0 Å². The molecule has 6 heteroatoms. The zero-order valence-corrected chi connectivity index (χ0v) is 11.0. The van der Waals surface area contributed by atoms with Crippen LogP contribution in [0, 0.1) is 10.1 Å². The van der Waals surface area contributed by atoms with Crippen molar-refractivity contribution in [2.45, 2.75) is 33.4 Å². The molecule has 100 valence electrons. The molecule has 18 heavy (non-hydrogen) atoms. The molecule has 1 rings (SSSR count). The van der Waals surface area contributed by atoms with Crippen LogP contribution in [0.5, 0.6) is 0 Å². The third kappa shape index (κ3) is 3.18. The van der Waals surface area contributed by atoms with E-state index in [-0.39, 0.29) is 5.69 Å². The summed E-state index contributed by atoms with van der Waals surface area (Å²) in [5.41, 5.74) is 3.68. The average Bonchev–Trinajstić information content (AvgIpc) is 2.34. The van der Waals surface area contributed by atoms with Crippen molar-refractivity contribution in [1.82, 2.24) is 4.90 Å². The quantitative estimate of drug-likeness (QED) is 0.460. The van der Waals surface area contributed by atoms with Gasteiger partial charge in [0.15, 0.2) is 0 Å². The van der Waals surface area contributed by atoms with Crippen LogP contribution in [0.1, 0.15) is 26.3 Å². The Bertz CT molecular complexity index is 421. The second kappa shape index (κ2) is 6.32. The van der Waals surface area contributed by atoms with Gasteiger partial charge < -0.3 is 5.43 Å². The Hall–Kier alpha value is -1.66. The Kier molecular flexibility index (Phi) is 5.06. The summed E-state index contributed by atoms with van der Waals surface area (Å²) in [4.78, 5) is 12.7. The van der Waals surface area contributed by atoms with Crippen molar-refractivity contribution in [3.05, 3.63) is 33.9 Å². The lowest BCUT2D eigenvalue weighted by atomic mass is 10.1. The minimum Gasteiger partial charge on any atom is -0.318 e. The monoisotopic (exact) mass is 252 g/mol. The standard InChI is InChI=1S/C12H20N4O2/c1-4-15(9(2)3)8-10-6-5-7-11(16(17)18)12(10)14-13/h5-7,9,14H,4,8,13H2,1-3H3. The fraction of sp³-hybridized carbons (Fsp3) is 0.500. The molecule has 0 saturated heterocycles. The number of hydrogen-bond donors (Lipinski definition) is 2. The van der Waals surface area contributed by atoms with Crippen molar-refractivity contribution < 1.29 is 4.92 Å². The molecule has 0 radical (unpaired) electrons. The van der Waals surface area contributed by atoms with Gasteiger partial charge in [0, 0.05) is 18.7 Å². The molecule has 0 unspecified atom stereocenters. The smallest absolute Gasteiger partial charge is 0.293 e. The Balaban J connectivity index is 3.08. The van der Waals surface area contributed by atoms with Crippen LogP contribution in [-0.2, 0) is 6.54 Å². The number of nitro groups is 1.